The van der Waals surface area contributed by atoms with E-state index in [1.807, 2.05) is 25.3 Å². The van der Waals surface area contributed by atoms with Crippen LogP contribution in [-0.2, 0) is 27.8 Å². The van der Waals surface area contributed by atoms with Crippen molar-refractivity contribution in [3.63, 3.8) is 0 Å². The minimum Gasteiger partial charge on any atom is -0.497 e. The van der Waals surface area contributed by atoms with Crippen molar-refractivity contribution in [2.75, 3.05) is 32.6 Å². The summed E-state index contributed by atoms with van der Waals surface area (Å²) in [7, 11) is -0.476. The second-order valence-electron chi connectivity index (χ2n) is 7.66. The van der Waals surface area contributed by atoms with Crippen LogP contribution in [0.3, 0.4) is 0 Å². The molecule has 34 heavy (non-hydrogen) atoms. The number of carbonyl (C=O) groups excluding carboxylic acids is 1. The highest BCUT2D eigenvalue weighted by Crippen LogP contribution is 2.26. The van der Waals surface area contributed by atoms with Gasteiger partial charge >= 0.3 is 0 Å². The highest BCUT2D eigenvalue weighted by atomic mass is 32.2. The summed E-state index contributed by atoms with van der Waals surface area (Å²) in [6.45, 7) is 7.09. The van der Waals surface area contributed by atoms with E-state index in [-0.39, 0.29) is 17.2 Å². The summed E-state index contributed by atoms with van der Waals surface area (Å²) in [5, 5.41) is 2.87. The van der Waals surface area contributed by atoms with Gasteiger partial charge in [0.15, 0.2) is 0 Å². The molecule has 0 aliphatic rings. The van der Waals surface area contributed by atoms with Crippen molar-refractivity contribution in [1.82, 2.24) is 13.9 Å². The van der Waals surface area contributed by atoms with E-state index in [1.54, 1.807) is 50.6 Å². The number of hydrogen-bond acceptors (Lipinski definition) is 6. The number of methoxy groups -OCH3 is 2. The molecule has 10 heteroatoms. The number of sulfonamides is 1. The SMILES string of the molecule is CCN(CC)S(=O)(=O)c1ccc2c(c1)nc(CCC(=O)Nc1cc(OC)cc(OC)c1)n2CC. The topological polar surface area (TPSA) is 103 Å². The maximum atomic E-state index is 12.9. The zero-order valence-corrected chi connectivity index (χ0v) is 21.1. The van der Waals surface area contributed by atoms with Gasteiger partial charge in [-0.3, -0.25) is 4.79 Å². The molecule has 1 N–H and O–H groups in total. The van der Waals surface area contributed by atoms with Crippen LogP contribution in [0.5, 0.6) is 11.5 Å². The molecule has 9 nitrogen and oxygen atoms in total. The average molecular weight is 489 g/mol. The van der Waals surface area contributed by atoms with Crippen LogP contribution < -0.4 is 14.8 Å². The number of nitrogens with one attached hydrogen (secondary N) is 1. The van der Waals surface area contributed by atoms with Gasteiger partial charge in [0.2, 0.25) is 15.9 Å². The summed E-state index contributed by atoms with van der Waals surface area (Å²) in [6, 6.07) is 10.2. The van der Waals surface area contributed by atoms with Gasteiger partial charge < -0.3 is 19.4 Å². The lowest BCUT2D eigenvalue weighted by atomic mass is 10.2. The standard InChI is InChI=1S/C24H32N4O5S/c1-6-27(7-2)34(30,31)20-9-10-22-21(16-20)26-23(28(22)8-3)11-12-24(29)25-17-13-18(32-4)15-19(14-17)33-5/h9-10,13-16H,6-8,11-12H2,1-5H3,(H,25,29). The van der Waals surface area contributed by atoms with Crippen molar-refractivity contribution in [3.05, 3.63) is 42.2 Å². The van der Waals surface area contributed by atoms with Crippen molar-refractivity contribution >= 4 is 32.7 Å². The molecule has 1 heterocycles. The average Bonchev–Trinajstić information content (AvgIpc) is 3.19. The van der Waals surface area contributed by atoms with E-state index in [0.717, 1.165) is 11.3 Å². The third-order valence-corrected chi connectivity index (χ3v) is 7.71. The second kappa shape index (κ2) is 10.9. The summed E-state index contributed by atoms with van der Waals surface area (Å²) in [6.07, 6.45) is 0.626. The number of carbonyl (C=O) groups is 1. The van der Waals surface area contributed by atoms with Crippen molar-refractivity contribution < 1.29 is 22.7 Å². The molecule has 3 aromatic rings. The number of nitrogens with zero attached hydrogens (tertiary/aromatic N) is 3. The number of anilines is 1. The molecule has 0 saturated carbocycles. The van der Waals surface area contributed by atoms with Crippen LogP contribution in [0.4, 0.5) is 5.69 Å². The van der Waals surface area contributed by atoms with E-state index in [4.69, 9.17) is 9.47 Å². The van der Waals surface area contributed by atoms with Gasteiger partial charge in [-0.1, -0.05) is 13.8 Å². The minimum atomic E-state index is -3.58. The molecule has 1 aromatic heterocycles. The number of fused-ring (bicyclic) bond motifs is 1. The molecule has 0 aliphatic heterocycles. The number of rotatable bonds is 11. The Morgan fingerprint density at radius 2 is 1.68 bits per heavy atom. The molecular weight excluding hydrogens is 456 g/mol. The number of aromatic nitrogens is 2. The van der Waals surface area contributed by atoms with Crippen molar-refractivity contribution in [1.29, 1.82) is 0 Å². The van der Waals surface area contributed by atoms with E-state index in [0.29, 0.717) is 48.8 Å². The van der Waals surface area contributed by atoms with Crippen molar-refractivity contribution in [3.8, 4) is 11.5 Å². The monoisotopic (exact) mass is 488 g/mol. The maximum absolute atomic E-state index is 12.9. The normalized spacial score (nSPS) is 11.7. The molecular formula is C24H32N4O5S. The third-order valence-electron chi connectivity index (χ3n) is 5.67. The first-order chi connectivity index (χ1) is 16.3. The summed E-state index contributed by atoms with van der Waals surface area (Å²) in [4.78, 5) is 17.5. The van der Waals surface area contributed by atoms with Gasteiger partial charge in [0.25, 0.3) is 0 Å². The quantitative estimate of drug-likeness (QED) is 0.442. The lowest BCUT2D eigenvalue weighted by Crippen LogP contribution is -2.30. The first kappa shape index (κ1) is 25.5. The van der Waals surface area contributed by atoms with Crippen LogP contribution in [-0.4, -0.2) is 55.5 Å². The van der Waals surface area contributed by atoms with Gasteiger partial charge in [0, 0.05) is 56.4 Å². The van der Waals surface area contributed by atoms with Gasteiger partial charge in [-0.2, -0.15) is 4.31 Å². The largest absolute Gasteiger partial charge is 0.497 e. The van der Waals surface area contributed by atoms with Gasteiger partial charge in [-0.05, 0) is 25.1 Å². The Labute approximate surface area is 200 Å². The predicted octanol–water partition coefficient (Wildman–Crippen LogP) is 3.68. The lowest BCUT2D eigenvalue weighted by molar-refractivity contribution is -0.116. The molecule has 0 aliphatic carbocycles. The van der Waals surface area contributed by atoms with Crippen LogP contribution in [0.2, 0.25) is 0 Å². The van der Waals surface area contributed by atoms with E-state index in [2.05, 4.69) is 10.3 Å². The van der Waals surface area contributed by atoms with Crippen LogP contribution in [0.25, 0.3) is 11.0 Å². The molecule has 1 amide bonds. The molecule has 0 saturated heterocycles. The molecule has 0 unspecified atom stereocenters. The predicted molar refractivity (Wildman–Crippen MR) is 132 cm³/mol. The van der Waals surface area contributed by atoms with Crippen LogP contribution >= 0.6 is 0 Å². The maximum Gasteiger partial charge on any atom is 0.243 e. The first-order valence-corrected chi connectivity index (χ1v) is 12.7. The number of aryl methyl sites for hydroxylation is 2. The van der Waals surface area contributed by atoms with Gasteiger partial charge in [-0.25, -0.2) is 13.4 Å². The molecule has 3 rings (SSSR count). The fraction of sp³-hybridized carbons (Fsp3) is 0.417. The van der Waals surface area contributed by atoms with E-state index < -0.39 is 10.0 Å². The minimum absolute atomic E-state index is 0.171. The molecule has 0 fully saturated rings. The first-order valence-electron chi connectivity index (χ1n) is 11.3. The lowest BCUT2D eigenvalue weighted by Gasteiger charge is -2.18. The zero-order valence-electron chi connectivity index (χ0n) is 20.3. The smallest absolute Gasteiger partial charge is 0.243 e. The van der Waals surface area contributed by atoms with E-state index >= 15 is 0 Å². The van der Waals surface area contributed by atoms with Gasteiger partial charge in [0.1, 0.15) is 17.3 Å². The molecule has 0 bridgehead atoms. The number of hydrogen-bond donors (Lipinski definition) is 1. The van der Waals surface area contributed by atoms with Crippen molar-refractivity contribution in [2.45, 2.75) is 45.1 Å². The fourth-order valence-electron chi connectivity index (χ4n) is 3.90. The number of ether oxygens (including phenoxy) is 2. The molecule has 0 radical (unpaired) electrons. The Morgan fingerprint density at radius 3 is 2.24 bits per heavy atom. The number of benzene rings is 2. The highest BCUT2D eigenvalue weighted by Gasteiger charge is 2.23. The molecule has 0 spiro atoms. The van der Waals surface area contributed by atoms with Crippen LogP contribution in [0.15, 0.2) is 41.3 Å². The fourth-order valence-corrected chi connectivity index (χ4v) is 5.38. The van der Waals surface area contributed by atoms with Crippen LogP contribution in [0.1, 0.15) is 33.0 Å². The van der Waals surface area contributed by atoms with Crippen LogP contribution in [0, 0.1) is 0 Å². The Hall–Kier alpha value is -3.11. The van der Waals surface area contributed by atoms with Crippen molar-refractivity contribution in [2.24, 2.45) is 0 Å². The Kier molecular flexibility index (Phi) is 8.16. The Balaban J connectivity index is 1.80. The zero-order chi connectivity index (χ0) is 24.9. The molecule has 184 valence electrons. The summed E-state index contributed by atoms with van der Waals surface area (Å²) < 4.78 is 39.7. The van der Waals surface area contributed by atoms with Gasteiger partial charge in [-0.15, -0.1) is 0 Å². The number of amides is 1. The summed E-state index contributed by atoms with van der Waals surface area (Å²) >= 11 is 0. The number of imidazole rings is 1. The Bertz CT molecular complexity index is 1240. The highest BCUT2D eigenvalue weighted by molar-refractivity contribution is 7.89. The third kappa shape index (κ3) is 5.34. The summed E-state index contributed by atoms with van der Waals surface area (Å²) in [5.41, 5.74) is 2.02. The van der Waals surface area contributed by atoms with Gasteiger partial charge in [0.05, 0.1) is 30.1 Å². The second-order valence-corrected chi connectivity index (χ2v) is 9.60. The summed E-state index contributed by atoms with van der Waals surface area (Å²) in [5.74, 6) is 1.72. The molecule has 2 aromatic carbocycles. The molecule has 0 atom stereocenters. The van der Waals surface area contributed by atoms with E-state index in [9.17, 15) is 13.2 Å². The Morgan fingerprint density at radius 1 is 1.03 bits per heavy atom. The van der Waals surface area contributed by atoms with E-state index in [1.165, 1.54) is 4.31 Å².